The van der Waals surface area contributed by atoms with Crippen molar-refractivity contribution >= 4 is 39.4 Å². The summed E-state index contributed by atoms with van der Waals surface area (Å²) in [6.45, 7) is 4.27. The predicted octanol–water partition coefficient (Wildman–Crippen LogP) is 3.87. The van der Waals surface area contributed by atoms with Gasteiger partial charge in [0.25, 0.3) is 5.56 Å². The number of phenols is 1. The minimum absolute atomic E-state index is 0.0780. The van der Waals surface area contributed by atoms with Crippen molar-refractivity contribution in [2.24, 2.45) is 0 Å². The molecule has 0 fully saturated rings. The molecule has 8 nitrogen and oxygen atoms in total. The van der Waals surface area contributed by atoms with E-state index in [1.807, 2.05) is 35.6 Å². The summed E-state index contributed by atoms with van der Waals surface area (Å²) in [7, 11) is 0. The van der Waals surface area contributed by atoms with Gasteiger partial charge in [-0.05, 0) is 43.2 Å². The summed E-state index contributed by atoms with van der Waals surface area (Å²) in [6.07, 6.45) is 0.793. The first-order valence-electron chi connectivity index (χ1n) is 10.2. The van der Waals surface area contributed by atoms with Crippen molar-refractivity contribution < 1.29 is 9.52 Å². The summed E-state index contributed by atoms with van der Waals surface area (Å²) >= 11 is 1.42. The van der Waals surface area contributed by atoms with Gasteiger partial charge in [0.15, 0.2) is 5.16 Å². The molecule has 1 N–H and O–H groups in total. The summed E-state index contributed by atoms with van der Waals surface area (Å²) in [6, 6.07) is 12.2. The molecule has 2 aromatic carbocycles. The first-order valence-corrected chi connectivity index (χ1v) is 11.2. The lowest BCUT2D eigenvalue weighted by atomic mass is 10.1. The van der Waals surface area contributed by atoms with Crippen LogP contribution in [0.3, 0.4) is 0 Å². The van der Waals surface area contributed by atoms with Crippen LogP contribution in [0.1, 0.15) is 24.5 Å². The number of thioether (sulfide) groups is 1. The van der Waals surface area contributed by atoms with E-state index in [0.717, 1.165) is 22.9 Å². The highest BCUT2D eigenvalue weighted by molar-refractivity contribution is 7.98. The molecular formula is C23H20N4O4S. The van der Waals surface area contributed by atoms with E-state index in [0.29, 0.717) is 39.8 Å². The van der Waals surface area contributed by atoms with E-state index in [1.54, 1.807) is 23.6 Å². The van der Waals surface area contributed by atoms with E-state index in [4.69, 9.17) is 4.42 Å². The van der Waals surface area contributed by atoms with Crippen molar-refractivity contribution in [3.8, 4) is 5.75 Å². The van der Waals surface area contributed by atoms with Gasteiger partial charge >= 0.3 is 5.63 Å². The molecule has 0 saturated heterocycles. The molecule has 0 atom stereocenters. The molecule has 5 rings (SSSR count). The molecule has 0 aliphatic rings. The van der Waals surface area contributed by atoms with Crippen LogP contribution in [-0.2, 0) is 12.3 Å². The molecule has 0 aliphatic carbocycles. The van der Waals surface area contributed by atoms with Crippen molar-refractivity contribution in [3.63, 3.8) is 0 Å². The number of hydrogen-bond donors (Lipinski definition) is 1. The minimum Gasteiger partial charge on any atom is -0.508 e. The van der Waals surface area contributed by atoms with Crippen LogP contribution in [0.15, 0.2) is 61.6 Å². The number of fused-ring (bicyclic) bond motifs is 4. The Bertz CT molecular complexity index is 1620. The van der Waals surface area contributed by atoms with Gasteiger partial charge in [0, 0.05) is 29.3 Å². The van der Waals surface area contributed by atoms with Gasteiger partial charge in [-0.1, -0.05) is 30.8 Å². The number of nitrogens with zero attached hydrogens (tertiary/aromatic N) is 4. The lowest BCUT2D eigenvalue weighted by molar-refractivity contribution is 0.468. The molecule has 162 valence electrons. The number of aromatic nitrogens is 4. The summed E-state index contributed by atoms with van der Waals surface area (Å²) in [5, 5.41) is 20.6. The smallest absolute Gasteiger partial charge is 0.336 e. The number of benzene rings is 2. The standard InChI is InChI=1S/C23H20N4O4S/c1-3-10-26-21(30)16-6-4-5-7-17(16)27-22(26)24-25-23(27)32-12-14-11-19(29)31-20-13(2)18(28)9-8-15(14)20/h4-9,11,28H,3,10,12H2,1-2H3. The normalized spacial score (nSPS) is 11.7. The Hall–Kier alpha value is -3.59. The second-order valence-corrected chi connectivity index (χ2v) is 8.50. The van der Waals surface area contributed by atoms with E-state index >= 15 is 0 Å². The predicted molar refractivity (Wildman–Crippen MR) is 123 cm³/mol. The van der Waals surface area contributed by atoms with Gasteiger partial charge in [0.05, 0.1) is 10.9 Å². The quantitative estimate of drug-likeness (QED) is 0.322. The van der Waals surface area contributed by atoms with Crippen LogP contribution < -0.4 is 11.2 Å². The average molecular weight is 449 g/mol. The summed E-state index contributed by atoms with van der Waals surface area (Å²) in [4.78, 5) is 25.1. The molecule has 0 saturated carbocycles. The molecule has 5 aromatic rings. The molecule has 0 radical (unpaired) electrons. The highest BCUT2D eigenvalue weighted by atomic mass is 32.2. The van der Waals surface area contributed by atoms with Gasteiger partial charge in [0.2, 0.25) is 5.78 Å². The molecule has 0 bridgehead atoms. The summed E-state index contributed by atoms with van der Waals surface area (Å²) in [5.74, 6) is 1.01. The van der Waals surface area contributed by atoms with Gasteiger partial charge in [-0.25, -0.2) is 4.79 Å². The van der Waals surface area contributed by atoms with Crippen molar-refractivity contribution in [2.75, 3.05) is 0 Å². The maximum atomic E-state index is 13.0. The SMILES string of the molecule is CCCn1c(=O)c2ccccc2n2c(SCc3cc(=O)oc4c(C)c(O)ccc34)nnc12. The van der Waals surface area contributed by atoms with Crippen LogP contribution in [-0.4, -0.2) is 24.3 Å². The zero-order valence-electron chi connectivity index (χ0n) is 17.5. The van der Waals surface area contributed by atoms with E-state index in [9.17, 15) is 14.7 Å². The zero-order valence-corrected chi connectivity index (χ0v) is 18.3. The van der Waals surface area contributed by atoms with Gasteiger partial charge in [0.1, 0.15) is 11.3 Å². The number of para-hydroxylation sites is 1. The van der Waals surface area contributed by atoms with Crippen molar-refractivity contribution in [2.45, 2.75) is 37.7 Å². The van der Waals surface area contributed by atoms with E-state index in [1.165, 1.54) is 17.8 Å². The molecule has 3 heterocycles. The molecule has 0 spiro atoms. The Kier molecular flexibility index (Phi) is 4.97. The molecule has 9 heteroatoms. The Morgan fingerprint density at radius 1 is 1.09 bits per heavy atom. The topological polar surface area (TPSA) is 103 Å². The lowest BCUT2D eigenvalue weighted by Gasteiger charge is -2.11. The highest BCUT2D eigenvalue weighted by Crippen LogP contribution is 2.31. The third kappa shape index (κ3) is 3.16. The Morgan fingerprint density at radius 2 is 1.91 bits per heavy atom. The third-order valence-electron chi connectivity index (χ3n) is 5.50. The molecule has 0 unspecified atom stereocenters. The van der Waals surface area contributed by atoms with Crippen LogP contribution in [0.5, 0.6) is 5.75 Å². The van der Waals surface area contributed by atoms with E-state index < -0.39 is 5.63 Å². The lowest BCUT2D eigenvalue weighted by Crippen LogP contribution is -2.23. The third-order valence-corrected chi connectivity index (χ3v) is 6.48. The fourth-order valence-corrected chi connectivity index (χ4v) is 4.86. The highest BCUT2D eigenvalue weighted by Gasteiger charge is 2.17. The molecule has 0 amide bonds. The zero-order chi connectivity index (χ0) is 22.4. The Labute approximate surface area is 186 Å². The first kappa shape index (κ1) is 20.3. The molecule has 3 aromatic heterocycles. The maximum absolute atomic E-state index is 13.0. The monoisotopic (exact) mass is 448 g/mol. The number of aromatic hydroxyl groups is 1. The number of phenolic OH excluding ortho intramolecular Hbond substituents is 1. The summed E-state index contributed by atoms with van der Waals surface area (Å²) in [5.41, 5.74) is 1.85. The van der Waals surface area contributed by atoms with Gasteiger partial charge in [-0.15, -0.1) is 10.2 Å². The Balaban J connectivity index is 1.64. The van der Waals surface area contributed by atoms with Gasteiger partial charge < -0.3 is 9.52 Å². The number of hydrogen-bond acceptors (Lipinski definition) is 7. The van der Waals surface area contributed by atoms with E-state index in [-0.39, 0.29) is 11.3 Å². The Morgan fingerprint density at radius 3 is 2.72 bits per heavy atom. The number of aryl methyl sites for hydroxylation is 2. The second kappa shape index (κ2) is 7.83. The number of rotatable bonds is 5. The maximum Gasteiger partial charge on any atom is 0.336 e. The minimum atomic E-state index is -0.477. The van der Waals surface area contributed by atoms with Gasteiger partial charge in [-0.3, -0.25) is 13.8 Å². The van der Waals surface area contributed by atoms with Crippen LogP contribution in [0.25, 0.3) is 27.6 Å². The fraction of sp³-hybridized carbons (Fsp3) is 0.217. The van der Waals surface area contributed by atoms with Crippen LogP contribution in [0.4, 0.5) is 0 Å². The van der Waals surface area contributed by atoms with E-state index in [2.05, 4.69) is 10.2 Å². The fourth-order valence-electron chi connectivity index (χ4n) is 3.93. The summed E-state index contributed by atoms with van der Waals surface area (Å²) < 4.78 is 8.88. The van der Waals surface area contributed by atoms with Crippen LogP contribution in [0, 0.1) is 6.92 Å². The van der Waals surface area contributed by atoms with Gasteiger partial charge in [-0.2, -0.15) is 0 Å². The average Bonchev–Trinajstić information content (AvgIpc) is 3.22. The van der Waals surface area contributed by atoms with Crippen molar-refractivity contribution in [1.82, 2.24) is 19.2 Å². The van der Waals surface area contributed by atoms with Crippen LogP contribution in [0.2, 0.25) is 0 Å². The largest absolute Gasteiger partial charge is 0.508 e. The molecule has 32 heavy (non-hydrogen) atoms. The first-order chi connectivity index (χ1) is 15.5. The van der Waals surface area contributed by atoms with Crippen molar-refractivity contribution in [3.05, 3.63) is 74.4 Å². The molecule has 0 aliphatic heterocycles. The van der Waals surface area contributed by atoms with Crippen LogP contribution >= 0.6 is 11.8 Å². The molecular weight excluding hydrogens is 428 g/mol. The van der Waals surface area contributed by atoms with Crippen molar-refractivity contribution in [1.29, 1.82) is 0 Å². The second-order valence-electron chi connectivity index (χ2n) is 7.56.